The van der Waals surface area contributed by atoms with E-state index in [-0.39, 0.29) is 5.28 Å². The van der Waals surface area contributed by atoms with Crippen molar-refractivity contribution < 1.29 is 0 Å². The summed E-state index contributed by atoms with van der Waals surface area (Å²) in [5.74, 6) is 0.669. The van der Waals surface area contributed by atoms with E-state index in [2.05, 4.69) is 223 Å². The minimum atomic E-state index is 0.280. The van der Waals surface area contributed by atoms with Gasteiger partial charge in [-0.15, -0.1) is 0 Å². The molecule has 6 heterocycles. The first-order chi connectivity index (χ1) is 38.1. The summed E-state index contributed by atoms with van der Waals surface area (Å²) in [5, 5.41) is 9.69. The fraction of sp³-hybridized carbons (Fsp3) is 0. The van der Waals surface area contributed by atoms with Crippen LogP contribution in [0.4, 0.5) is 0 Å². The van der Waals surface area contributed by atoms with Crippen molar-refractivity contribution in [3.63, 3.8) is 0 Å². The molecule has 77 heavy (non-hydrogen) atoms. The number of aromatic nitrogens is 8. The van der Waals surface area contributed by atoms with Gasteiger partial charge < -0.3 is 14.1 Å². The third-order valence-electron chi connectivity index (χ3n) is 14.3. The summed E-state index contributed by atoms with van der Waals surface area (Å²) in [6, 6.07) is 87.7. The third kappa shape index (κ3) is 8.12. The van der Waals surface area contributed by atoms with Crippen LogP contribution in [-0.4, -0.2) is 38.6 Å². The Morgan fingerprint density at radius 1 is 0.338 bits per heavy atom. The number of hydrogen-bond acceptors (Lipinski definition) is 4. The summed E-state index contributed by atoms with van der Waals surface area (Å²) in [6.45, 7) is 0. The molecule has 9 heteroatoms. The van der Waals surface area contributed by atoms with Crippen molar-refractivity contribution in [2.24, 2.45) is 0 Å². The first kappa shape index (κ1) is 45.5. The predicted molar refractivity (Wildman–Crippen MR) is 319 cm³/mol. The molecule has 0 amide bonds. The second-order valence-electron chi connectivity index (χ2n) is 18.9. The number of rotatable bonds is 5. The Morgan fingerprint density at radius 2 is 0.818 bits per heavy atom. The Balaban J connectivity index is 0.000000117. The van der Waals surface area contributed by atoms with Crippen LogP contribution in [0.3, 0.4) is 0 Å². The van der Waals surface area contributed by atoms with Crippen LogP contribution >= 0.6 is 11.6 Å². The van der Waals surface area contributed by atoms with Gasteiger partial charge in [0.1, 0.15) is 0 Å². The molecule has 0 aliphatic rings. The van der Waals surface area contributed by atoms with Crippen LogP contribution in [-0.2, 0) is 0 Å². The maximum Gasteiger partial charge on any atom is 0.235 e. The number of H-pyrrole nitrogens is 1. The molecule has 0 atom stereocenters. The van der Waals surface area contributed by atoms with E-state index in [1.807, 2.05) is 72.8 Å². The van der Waals surface area contributed by atoms with E-state index in [1.165, 1.54) is 54.6 Å². The molecular formula is C68H45ClN8. The van der Waals surface area contributed by atoms with Gasteiger partial charge in [0.2, 0.25) is 11.2 Å². The second kappa shape index (κ2) is 19.3. The van der Waals surface area contributed by atoms with Crippen molar-refractivity contribution in [1.82, 2.24) is 38.6 Å². The first-order valence-corrected chi connectivity index (χ1v) is 26.0. The van der Waals surface area contributed by atoms with Gasteiger partial charge in [-0.05, 0) is 72.3 Å². The SMILES string of the molecule is Clc1nc(-c2ccccc2)c2ccccc2n1.c1ccc(-c2nc(-n3c4ccccc4c4ccc5ccn(-c6ccccc6)c5c43)nc3ccccc23)cc1.c1ccc(-n2ccc3ccc4c5ccccc5[nH]c4c32)cc1. The number of fused-ring (bicyclic) bond motifs is 12. The normalized spacial score (nSPS) is 11.4. The molecule has 16 aromatic rings. The van der Waals surface area contributed by atoms with Gasteiger partial charge in [0, 0.05) is 83.5 Å². The van der Waals surface area contributed by atoms with Gasteiger partial charge in [-0.1, -0.05) is 194 Å². The minimum Gasteiger partial charge on any atom is -0.353 e. The summed E-state index contributed by atoms with van der Waals surface area (Å²) in [6.07, 6.45) is 4.29. The van der Waals surface area contributed by atoms with Crippen LogP contribution in [0, 0.1) is 0 Å². The van der Waals surface area contributed by atoms with Gasteiger partial charge in [-0.25, -0.2) is 19.9 Å². The molecular weight excluding hydrogens is 964 g/mol. The highest BCUT2D eigenvalue weighted by molar-refractivity contribution is 6.29. The summed E-state index contributed by atoms with van der Waals surface area (Å²) in [7, 11) is 0. The van der Waals surface area contributed by atoms with Gasteiger partial charge in [0.25, 0.3) is 0 Å². The third-order valence-corrected chi connectivity index (χ3v) is 14.5. The highest BCUT2D eigenvalue weighted by Crippen LogP contribution is 2.39. The maximum atomic E-state index is 5.95. The number of nitrogens with zero attached hydrogens (tertiary/aromatic N) is 7. The molecule has 0 saturated heterocycles. The van der Waals surface area contributed by atoms with Crippen LogP contribution in [0.25, 0.3) is 127 Å². The van der Waals surface area contributed by atoms with Gasteiger partial charge >= 0.3 is 0 Å². The number of halogens is 1. The van der Waals surface area contributed by atoms with Crippen molar-refractivity contribution in [2.45, 2.75) is 0 Å². The molecule has 6 aromatic heterocycles. The zero-order chi connectivity index (χ0) is 51.2. The molecule has 0 aliphatic carbocycles. The molecule has 364 valence electrons. The Hall–Kier alpha value is -10.2. The number of aromatic amines is 1. The lowest BCUT2D eigenvalue weighted by molar-refractivity contribution is 1.01. The molecule has 0 radical (unpaired) electrons. The van der Waals surface area contributed by atoms with Gasteiger partial charge in [0.05, 0.1) is 50.0 Å². The van der Waals surface area contributed by atoms with Crippen LogP contribution in [0.1, 0.15) is 0 Å². The Labute approximate surface area is 447 Å². The van der Waals surface area contributed by atoms with Crippen molar-refractivity contribution in [3.8, 4) is 39.8 Å². The Bertz CT molecular complexity index is 4810. The zero-order valence-electron chi connectivity index (χ0n) is 41.4. The molecule has 1 N–H and O–H groups in total. The molecule has 16 rings (SSSR count). The molecule has 0 bridgehead atoms. The van der Waals surface area contributed by atoms with Gasteiger partial charge in [0.15, 0.2) is 0 Å². The van der Waals surface area contributed by atoms with Crippen molar-refractivity contribution in [3.05, 3.63) is 272 Å². The summed E-state index contributed by atoms with van der Waals surface area (Å²) < 4.78 is 6.77. The van der Waals surface area contributed by atoms with E-state index in [1.54, 1.807) is 0 Å². The molecule has 0 spiro atoms. The van der Waals surface area contributed by atoms with Crippen LogP contribution in [0.2, 0.25) is 5.28 Å². The predicted octanol–water partition coefficient (Wildman–Crippen LogP) is 17.6. The topological polar surface area (TPSA) is 82.1 Å². The molecule has 0 aliphatic heterocycles. The summed E-state index contributed by atoms with van der Waals surface area (Å²) in [5.41, 5.74) is 15.0. The molecule has 8 nitrogen and oxygen atoms in total. The molecule has 0 fully saturated rings. The summed E-state index contributed by atoms with van der Waals surface area (Å²) >= 11 is 5.95. The van der Waals surface area contributed by atoms with Gasteiger partial charge in [-0.2, -0.15) is 0 Å². The quantitative estimate of drug-likeness (QED) is 0.174. The number of nitrogens with one attached hydrogen (secondary N) is 1. The minimum absolute atomic E-state index is 0.280. The second-order valence-corrected chi connectivity index (χ2v) is 19.2. The van der Waals surface area contributed by atoms with Crippen molar-refractivity contribution >= 4 is 98.8 Å². The first-order valence-electron chi connectivity index (χ1n) is 25.6. The van der Waals surface area contributed by atoms with Crippen molar-refractivity contribution in [2.75, 3.05) is 0 Å². The smallest absolute Gasteiger partial charge is 0.235 e. The lowest BCUT2D eigenvalue weighted by atomic mass is 10.1. The van der Waals surface area contributed by atoms with Crippen LogP contribution in [0.15, 0.2) is 267 Å². The maximum absolute atomic E-state index is 5.95. The van der Waals surface area contributed by atoms with E-state index in [0.29, 0.717) is 5.95 Å². The average Bonchev–Trinajstić information content (AvgIpc) is 4.38. The number of hydrogen-bond donors (Lipinski definition) is 1. The fourth-order valence-electron chi connectivity index (χ4n) is 10.9. The molecule has 10 aromatic carbocycles. The largest absolute Gasteiger partial charge is 0.353 e. The molecule has 0 unspecified atom stereocenters. The van der Waals surface area contributed by atoms with Crippen LogP contribution < -0.4 is 0 Å². The number of para-hydroxylation sites is 6. The number of benzene rings is 10. The van der Waals surface area contributed by atoms with Crippen molar-refractivity contribution in [1.29, 1.82) is 0 Å². The molecule has 0 saturated carbocycles. The average molecular weight is 1010 g/mol. The highest BCUT2D eigenvalue weighted by Gasteiger charge is 2.21. The monoisotopic (exact) mass is 1010 g/mol. The highest BCUT2D eigenvalue weighted by atomic mass is 35.5. The van der Waals surface area contributed by atoms with E-state index >= 15 is 0 Å². The van der Waals surface area contributed by atoms with E-state index in [0.717, 1.165) is 66.6 Å². The van der Waals surface area contributed by atoms with E-state index in [9.17, 15) is 0 Å². The zero-order valence-corrected chi connectivity index (χ0v) is 42.2. The lowest BCUT2D eigenvalue weighted by Crippen LogP contribution is -2.04. The fourth-order valence-corrected chi connectivity index (χ4v) is 11.1. The van der Waals surface area contributed by atoms with E-state index < -0.39 is 0 Å². The Morgan fingerprint density at radius 3 is 1.45 bits per heavy atom. The van der Waals surface area contributed by atoms with Crippen LogP contribution in [0.5, 0.6) is 0 Å². The summed E-state index contributed by atoms with van der Waals surface area (Å²) in [4.78, 5) is 22.5. The Kier molecular flexibility index (Phi) is 11.4. The van der Waals surface area contributed by atoms with Gasteiger partial charge in [-0.3, -0.25) is 4.57 Å². The standard InChI is InChI=1S/C34H22N4.C20H14N2.C14H9ClN2/c1-3-11-23(12-4-1)31-28-16-7-9-17-29(28)35-34(36-31)38-30-18-10-8-15-26(30)27-20-19-24-21-22-37(32(24)33(27)38)25-13-5-2-6-14-25;1-2-6-15(7-3-1)22-13-12-14-10-11-17-16-8-4-5-9-18(16)21-19(17)20(14)22;15-14-16-12-9-5-4-8-11(12)13(17-14)10-6-2-1-3-7-10/h1-22H;1-13,21H;1-9H. The van der Waals surface area contributed by atoms with E-state index in [4.69, 9.17) is 21.6 Å². The lowest BCUT2D eigenvalue weighted by Gasteiger charge is -2.13.